The van der Waals surface area contributed by atoms with E-state index in [1.165, 1.54) is 0 Å². The first-order chi connectivity index (χ1) is 14.7. The maximum atomic E-state index is 6.54. The number of para-hydroxylation sites is 1. The topological polar surface area (TPSA) is 43.3 Å². The number of nitrogens with zero attached hydrogens (tertiary/aromatic N) is 2. The molecular formula is C24H21ClN2O3. The molecule has 2 aliphatic rings. The molecule has 0 bridgehead atoms. The Morgan fingerprint density at radius 3 is 2.43 bits per heavy atom. The Bertz CT molecular complexity index is 1110. The van der Waals surface area contributed by atoms with Crippen LogP contribution < -0.4 is 14.2 Å². The summed E-state index contributed by atoms with van der Waals surface area (Å²) in [4.78, 5) is 0. The molecule has 30 heavy (non-hydrogen) atoms. The van der Waals surface area contributed by atoms with Crippen molar-refractivity contribution in [1.29, 1.82) is 0 Å². The molecule has 5 nitrogen and oxygen atoms in total. The van der Waals surface area contributed by atoms with E-state index >= 15 is 0 Å². The summed E-state index contributed by atoms with van der Waals surface area (Å²) in [6.45, 7) is 0. The lowest BCUT2D eigenvalue weighted by molar-refractivity contribution is -0.0208. The summed E-state index contributed by atoms with van der Waals surface area (Å²) in [5.74, 6) is 2.28. The predicted octanol–water partition coefficient (Wildman–Crippen LogP) is 5.60. The predicted molar refractivity (Wildman–Crippen MR) is 117 cm³/mol. The van der Waals surface area contributed by atoms with Crippen molar-refractivity contribution in [2.75, 3.05) is 14.2 Å². The zero-order valence-corrected chi connectivity index (χ0v) is 17.5. The fourth-order valence-electron chi connectivity index (χ4n) is 4.08. The largest absolute Gasteiger partial charge is 0.497 e. The van der Waals surface area contributed by atoms with Gasteiger partial charge in [0.05, 0.1) is 26.0 Å². The van der Waals surface area contributed by atoms with Crippen LogP contribution in [0.2, 0.25) is 5.02 Å². The molecule has 0 aliphatic carbocycles. The summed E-state index contributed by atoms with van der Waals surface area (Å²) in [6, 6.07) is 21.7. The van der Waals surface area contributed by atoms with Gasteiger partial charge < -0.3 is 14.2 Å². The summed E-state index contributed by atoms with van der Waals surface area (Å²) in [5, 5.41) is 7.64. The first-order valence-corrected chi connectivity index (χ1v) is 10.2. The zero-order valence-electron chi connectivity index (χ0n) is 16.7. The Hall–Kier alpha value is -3.18. The fourth-order valence-corrected chi connectivity index (χ4v) is 4.31. The Morgan fingerprint density at radius 1 is 0.933 bits per heavy atom. The van der Waals surface area contributed by atoms with Crippen LogP contribution in [0.5, 0.6) is 17.2 Å². The van der Waals surface area contributed by atoms with Crippen LogP contribution in [0.1, 0.15) is 35.4 Å². The van der Waals surface area contributed by atoms with Gasteiger partial charge in [-0.25, -0.2) is 5.01 Å². The highest BCUT2D eigenvalue weighted by molar-refractivity contribution is 6.31. The molecule has 0 radical (unpaired) electrons. The molecule has 6 heteroatoms. The molecule has 0 saturated heterocycles. The zero-order chi connectivity index (χ0) is 20.7. The van der Waals surface area contributed by atoms with E-state index < -0.39 is 6.23 Å². The smallest absolute Gasteiger partial charge is 0.215 e. The van der Waals surface area contributed by atoms with Crippen LogP contribution >= 0.6 is 11.6 Å². The molecule has 0 spiro atoms. The number of fused-ring (bicyclic) bond motifs is 3. The Balaban J connectivity index is 1.61. The van der Waals surface area contributed by atoms with E-state index in [9.17, 15) is 0 Å². The minimum atomic E-state index is -0.441. The number of hydrogen-bond acceptors (Lipinski definition) is 5. The third-order valence-corrected chi connectivity index (χ3v) is 5.94. The van der Waals surface area contributed by atoms with E-state index in [0.717, 1.165) is 40.3 Å². The Morgan fingerprint density at radius 2 is 1.70 bits per heavy atom. The second-order valence-electron chi connectivity index (χ2n) is 7.25. The molecule has 2 aliphatic heterocycles. The van der Waals surface area contributed by atoms with E-state index in [-0.39, 0.29) is 6.04 Å². The summed E-state index contributed by atoms with van der Waals surface area (Å²) < 4.78 is 17.3. The van der Waals surface area contributed by atoms with Gasteiger partial charge in [-0.1, -0.05) is 41.9 Å². The van der Waals surface area contributed by atoms with E-state index in [0.29, 0.717) is 10.8 Å². The Labute approximate surface area is 180 Å². The number of rotatable bonds is 4. The van der Waals surface area contributed by atoms with Gasteiger partial charge in [0.15, 0.2) is 11.5 Å². The number of benzene rings is 3. The van der Waals surface area contributed by atoms with Crippen LogP contribution in [-0.4, -0.2) is 24.9 Å². The third kappa shape index (κ3) is 3.06. The number of hydrazone groups is 1. The second-order valence-corrected chi connectivity index (χ2v) is 7.65. The molecule has 0 saturated carbocycles. The Kier molecular flexibility index (Phi) is 4.75. The second kappa shape index (κ2) is 7.58. The number of halogens is 1. The van der Waals surface area contributed by atoms with Crippen molar-refractivity contribution in [2.45, 2.75) is 18.7 Å². The lowest BCUT2D eigenvalue weighted by atomic mass is 9.95. The maximum Gasteiger partial charge on any atom is 0.215 e. The molecular weight excluding hydrogens is 400 g/mol. The van der Waals surface area contributed by atoms with Gasteiger partial charge in [-0.15, -0.1) is 0 Å². The summed E-state index contributed by atoms with van der Waals surface area (Å²) in [6.07, 6.45) is 0.319. The minimum Gasteiger partial charge on any atom is -0.497 e. The van der Waals surface area contributed by atoms with Gasteiger partial charge in [-0.3, -0.25) is 0 Å². The van der Waals surface area contributed by atoms with Gasteiger partial charge in [-0.05, 0) is 42.0 Å². The fraction of sp³-hybridized carbons (Fsp3) is 0.208. The monoisotopic (exact) mass is 420 g/mol. The lowest BCUT2D eigenvalue weighted by Gasteiger charge is -2.38. The molecule has 2 heterocycles. The van der Waals surface area contributed by atoms with Gasteiger partial charge >= 0.3 is 0 Å². The molecule has 0 N–H and O–H groups in total. The van der Waals surface area contributed by atoms with Crippen LogP contribution in [0.4, 0.5) is 0 Å². The van der Waals surface area contributed by atoms with Crippen molar-refractivity contribution in [3.8, 4) is 17.2 Å². The van der Waals surface area contributed by atoms with Crippen molar-refractivity contribution in [1.82, 2.24) is 5.01 Å². The van der Waals surface area contributed by atoms with Crippen molar-refractivity contribution in [3.63, 3.8) is 0 Å². The quantitative estimate of drug-likeness (QED) is 0.551. The van der Waals surface area contributed by atoms with Gasteiger partial charge in [0.1, 0.15) is 5.75 Å². The maximum absolute atomic E-state index is 6.54. The molecule has 3 aromatic rings. The number of hydrogen-bond donors (Lipinski definition) is 0. The molecule has 5 rings (SSSR count). The van der Waals surface area contributed by atoms with Crippen molar-refractivity contribution >= 4 is 17.3 Å². The standard InChI is InChI=1S/C24H21ClN2O3/c1-28-16-12-10-15(11-13-16)20-14-21-18-7-5-9-22(29-2)23(18)30-24(27(21)26-20)17-6-3-4-8-19(17)25/h3-13,21,24H,14H2,1-2H3/t21-,24+/m1/s1. The van der Waals surface area contributed by atoms with Crippen LogP contribution in [-0.2, 0) is 0 Å². The first-order valence-electron chi connectivity index (χ1n) is 9.78. The van der Waals surface area contributed by atoms with Crippen LogP contribution in [0.25, 0.3) is 0 Å². The van der Waals surface area contributed by atoms with Crippen molar-refractivity contribution in [3.05, 3.63) is 88.4 Å². The molecule has 3 aromatic carbocycles. The van der Waals surface area contributed by atoms with Crippen LogP contribution in [0, 0.1) is 0 Å². The first kappa shape index (κ1) is 18.8. The summed E-state index contributed by atoms with van der Waals surface area (Å²) in [7, 11) is 3.32. The highest BCUT2D eigenvalue weighted by Crippen LogP contribution is 2.51. The summed E-state index contributed by atoms with van der Waals surface area (Å²) in [5.41, 5.74) is 4.00. The number of methoxy groups -OCH3 is 2. The van der Waals surface area contributed by atoms with E-state index in [2.05, 4.69) is 6.07 Å². The highest BCUT2D eigenvalue weighted by Gasteiger charge is 2.42. The molecule has 0 aromatic heterocycles. The highest BCUT2D eigenvalue weighted by atomic mass is 35.5. The SMILES string of the molecule is COc1ccc(C2=NN3[C@H](C2)c2cccc(OC)c2O[C@H]3c2ccccc2Cl)cc1. The average Bonchev–Trinajstić information content (AvgIpc) is 3.24. The average molecular weight is 421 g/mol. The van der Waals surface area contributed by atoms with Crippen LogP contribution in [0.15, 0.2) is 71.8 Å². The van der Waals surface area contributed by atoms with Crippen molar-refractivity contribution in [2.24, 2.45) is 5.10 Å². The minimum absolute atomic E-state index is 0.0298. The van der Waals surface area contributed by atoms with Gasteiger partial charge in [0, 0.05) is 22.6 Å². The van der Waals surface area contributed by atoms with Crippen molar-refractivity contribution < 1.29 is 14.2 Å². The lowest BCUT2D eigenvalue weighted by Crippen LogP contribution is -2.34. The molecule has 0 amide bonds. The molecule has 2 atom stereocenters. The summed E-state index contributed by atoms with van der Waals surface area (Å²) >= 11 is 6.54. The van der Waals surface area contributed by atoms with E-state index in [1.807, 2.05) is 65.7 Å². The van der Waals surface area contributed by atoms with E-state index in [1.54, 1.807) is 14.2 Å². The third-order valence-electron chi connectivity index (χ3n) is 5.59. The number of ether oxygens (including phenoxy) is 3. The van der Waals surface area contributed by atoms with E-state index in [4.69, 9.17) is 30.9 Å². The molecule has 152 valence electrons. The van der Waals surface area contributed by atoms with Gasteiger partial charge in [-0.2, -0.15) is 5.10 Å². The molecule has 0 unspecified atom stereocenters. The normalized spacial score (nSPS) is 19.4. The van der Waals surface area contributed by atoms with Gasteiger partial charge in [0.2, 0.25) is 6.23 Å². The van der Waals surface area contributed by atoms with Gasteiger partial charge in [0.25, 0.3) is 0 Å². The molecule has 0 fully saturated rings. The van der Waals surface area contributed by atoms with Crippen LogP contribution in [0.3, 0.4) is 0 Å².